The Balaban J connectivity index is 1.13. The Kier molecular flexibility index (Phi) is 6.95. The summed E-state index contributed by atoms with van der Waals surface area (Å²) in [5.41, 5.74) is 3.35. The van der Waals surface area contributed by atoms with E-state index in [2.05, 4.69) is 28.1 Å². The second kappa shape index (κ2) is 10.5. The van der Waals surface area contributed by atoms with Gasteiger partial charge in [0.2, 0.25) is 5.09 Å². The molecule has 0 saturated carbocycles. The summed E-state index contributed by atoms with van der Waals surface area (Å²) in [6.07, 6.45) is 6.12. The van der Waals surface area contributed by atoms with Crippen LogP contribution in [0.5, 0.6) is 0 Å². The van der Waals surface area contributed by atoms with Crippen LogP contribution < -0.4 is 4.90 Å². The maximum absolute atomic E-state index is 13.6. The number of hydrogen-bond acceptors (Lipinski definition) is 6. The topological polar surface area (TPSA) is 83.7 Å². The fourth-order valence-corrected chi connectivity index (χ4v) is 7.24. The van der Waals surface area contributed by atoms with Crippen LogP contribution in [0, 0.1) is 5.82 Å². The Bertz CT molecular complexity index is 1610. The molecular weight excluding hydrogens is 517 g/mol. The van der Waals surface area contributed by atoms with Crippen LogP contribution in [0.3, 0.4) is 0 Å². The molecule has 4 aromatic rings. The fraction of sp³-hybridized carbons (Fsp3) is 0.333. The number of Topliss-reactive ketones (excluding diaryl/α,β-unsaturated/α-hetero) is 1. The Morgan fingerprint density at radius 3 is 2.62 bits per heavy atom. The van der Waals surface area contributed by atoms with Crippen molar-refractivity contribution < 1.29 is 22.0 Å². The molecule has 1 atom stereocenters. The zero-order valence-corrected chi connectivity index (χ0v) is 22.4. The molecule has 0 aliphatic carbocycles. The van der Waals surface area contributed by atoms with Crippen LogP contribution in [0.25, 0.3) is 22.1 Å². The Labute approximate surface area is 227 Å². The monoisotopic (exact) mass is 547 g/mol. The van der Waals surface area contributed by atoms with Gasteiger partial charge in [0.15, 0.2) is 5.78 Å². The van der Waals surface area contributed by atoms with Crippen molar-refractivity contribution in [1.82, 2.24) is 9.29 Å². The highest BCUT2D eigenvalue weighted by atomic mass is 32.2. The molecule has 2 aromatic heterocycles. The lowest BCUT2D eigenvalue weighted by atomic mass is 9.99. The van der Waals surface area contributed by atoms with Gasteiger partial charge >= 0.3 is 0 Å². The Morgan fingerprint density at radius 2 is 1.82 bits per heavy atom. The van der Waals surface area contributed by atoms with Crippen molar-refractivity contribution in [2.24, 2.45) is 0 Å². The van der Waals surface area contributed by atoms with Gasteiger partial charge in [-0.2, -0.15) is 4.31 Å². The third-order valence-corrected chi connectivity index (χ3v) is 9.46. The smallest absolute Gasteiger partial charge is 0.277 e. The third-order valence-electron chi connectivity index (χ3n) is 7.69. The number of hydrogen-bond donors (Lipinski definition) is 0. The molecule has 2 saturated heterocycles. The fourth-order valence-electron chi connectivity index (χ4n) is 5.61. The van der Waals surface area contributed by atoms with Gasteiger partial charge in [0.05, 0.1) is 6.04 Å². The van der Waals surface area contributed by atoms with Crippen molar-refractivity contribution in [1.29, 1.82) is 0 Å². The number of aromatic nitrogens is 1. The number of ketones is 1. The lowest BCUT2D eigenvalue weighted by Crippen LogP contribution is -2.40. The molecular formula is C30H30FN3O4S. The number of furan rings is 1. The van der Waals surface area contributed by atoms with Gasteiger partial charge in [-0.25, -0.2) is 17.8 Å². The van der Waals surface area contributed by atoms with E-state index in [1.54, 1.807) is 0 Å². The summed E-state index contributed by atoms with van der Waals surface area (Å²) in [7, 11) is -4.03. The van der Waals surface area contributed by atoms with E-state index < -0.39 is 21.9 Å². The second-order valence-electron chi connectivity index (χ2n) is 10.3. The van der Waals surface area contributed by atoms with Gasteiger partial charge in [0.1, 0.15) is 17.2 Å². The van der Waals surface area contributed by atoms with E-state index in [0.29, 0.717) is 24.6 Å². The summed E-state index contributed by atoms with van der Waals surface area (Å²) in [6, 6.07) is 16.6. The van der Waals surface area contributed by atoms with Crippen LogP contribution in [0.2, 0.25) is 0 Å². The number of nitrogens with zero attached hydrogens (tertiary/aromatic N) is 3. The predicted molar refractivity (Wildman–Crippen MR) is 148 cm³/mol. The number of halogens is 1. The van der Waals surface area contributed by atoms with Gasteiger partial charge in [0.25, 0.3) is 10.0 Å². The van der Waals surface area contributed by atoms with Crippen molar-refractivity contribution in [2.75, 3.05) is 24.5 Å². The number of aryl methyl sites for hydroxylation is 1. The molecule has 0 spiro atoms. The molecule has 2 aliphatic rings. The van der Waals surface area contributed by atoms with E-state index >= 15 is 0 Å². The molecule has 2 fully saturated rings. The quantitative estimate of drug-likeness (QED) is 0.286. The summed E-state index contributed by atoms with van der Waals surface area (Å²) in [5, 5.41) is 0.108. The number of anilines is 1. The summed E-state index contributed by atoms with van der Waals surface area (Å²) in [5.74, 6) is 0.421. The summed E-state index contributed by atoms with van der Waals surface area (Å²) < 4.78 is 47.1. The molecule has 6 rings (SSSR count). The van der Waals surface area contributed by atoms with Gasteiger partial charge < -0.3 is 9.32 Å². The van der Waals surface area contributed by atoms with Crippen LogP contribution in [0.1, 0.15) is 37.7 Å². The van der Waals surface area contributed by atoms with E-state index in [0.717, 1.165) is 35.6 Å². The number of pyridine rings is 1. The normalized spacial score (nSPS) is 18.3. The van der Waals surface area contributed by atoms with E-state index in [1.165, 1.54) is 41.4 Å². The van der Waals surface area contributed by atoms with E-state index in [9.17, 15) is 17.6 Å². The van der Waals surface area contributed by atoms with Gasteiger partial charge in [-0.1, -0.05) is 24.3 Å². The molecule has 0 N–H and O–H groups in total. The molecule has 2 aliphatic heterocycles. The molecule has 7 nitrogen and oxygen atoms in total. The zero-order valence-electron chi connectivity index (χ0n) is 21.6. The molecule has 0 radical (unpaired) electrons. The van der Waals surface area contributed by atoms with E-state index in [-0.39, 0.29) is 29.4 Å². The van der Waals surface area contributed by atoms with Crippen LogP contribution in [-0.4, -0.2) is 49.2 Å². The number of benzene rings is 2. The summed E-state index contributed by atoms with van der Waals surface area (Å²) in [4.78, 5) is 20.2. The van der Waals surface area contributed by atoms with Gasteiger partial charge in [0, 0.05) is 49.3 Å². The highest BCUT2D eigenvalue weighted by Crippen LogP contribution is 2.31. The molecule has 39 heavy (non-hydrogen) atoms. The predicted octanol–water partition coefficient (Wildman–Crippen LogP) is 5.59. The average Bonchev–Trinajstić information content (AvgIpc) is 3.73. The minimum atomic E-state index is -4.03. The van der Waals surface area contributed by atoms with Crippen LogP contribution >= 0.6 is 0 Å². The lowest BCUT2D eigenvalue weighted by molar-refractivity contribution is -0.122. The lowest BCUT2D eigenvalue weighted by Gasteiger charge is -2.21. The first-order valence-electron chi connectivity index (χ1n) is 13.4. The molecule has 0 bridgehead atoms. The van der Waals surface area contributed by atoms with Crippen molar-refractivity contribution in [3.63, 3.8) is 0 Å². The maximum Gasteiger partial charge on any atom is 0.277 e. The largest absolute Gasteiger partial charge is 0.443 e. The van der Waals surface area contributed by atoms with E-state index in [1.807, 2.05) is 24.4 Å². The molecule has 9 heteroatoms. The minimum Gasteiger partial charge on any atom is -0.443 e. The number of carbonyl (C=O) groups excluding carboxylic acids is 1. The highest BCUT2D eigenvalue weighted by molar-refractivity contribution is 7.89. The van der Waals surface area contributed by atoms with Crippen LogP contribution in [0.4, 0.5) is 10.2 Å². The highest BCUT2D eigenvalue weighted by Gasteiger charge is 2.40. The summed E-state index contributed by atoms with van der Waals surface area (Å²) >= 11 is 0. The number of sulfonamides is 1. The van der Waals surface area contributed by atoms with Crippen molar-refractivity contribution in [3.05, 3.63) is 78.2 Å². The van der Waals surface area contributed by atoms with Crippen LogP contribution in [0.15, 0.2) is 76.4 Å². The third kappa shape index (κ3) is 5.21. The summed E-state index contributed by atoms with van der Waals surface area (Å²) in [6.45, 7) is 2.35. The molecule has 202 valence electrons. The Hall–Kier alpha value is -3.56. The van der Waals surface area contributed by atoms with Gasteiger partial charge in [-0.3, -0.25) is 4.79 Å². The minimum absolute atomic E-state index is 0.111. The SMILES string of the molecule is O=C(CCc1cccc(-c2ccc(N3CCCC3)nc2)c1)[C@@H]1CCCN1S(=O)(=O)c1cc2cc(F)ccc2o1. The average molecular weight is 548 g/mol. The van der Waals surface area contributed by atoms with Crippen molar-refractivity contribution in [2.45, 2.75) is 49.7 Å². The molecule has 2 aromatic carbocycles. The first-order chi connectivity index (χ1) is 18.9. The van der Waals surface area contributed by atoms with E-state index in [4.69, 9.17) is 4.42 Å². The number of rotatable bonds is 8. The van der Waals surface area contributed by atoms with Gasteiger partial charge in [-0.05, 0) is 73.6 Å². The molecule has 0 unspecified atom stereocenters. The first-order valence-corrected chi connectivity index (χ1v) is 14.9. The van der Waals surface area contributed by atoms with Crippen LogP contribution in [-0.2, 0) is 21.2 Å². The van der Waals surface area contributed by atoms with Crippen molar-refractivity contribution in [3.8, 4) is 11.1 Å². The molecule has 4 heterocycles. The Morgan fingerprint density at radius 1 is 0.974 bits per heavy atom. The number of carbonyl (C=O) groups is 1. The maximum atomic E-state index is 13.6. The molecule has 0 amide bonds. The van der Waals surface area contributed by atoms with Gasteiger partial charge in [-0.15, -0.1) is 0 Å². The zero-order chi connectivity index (χ0) is 27.0. The first kappa shape index (κ1) is 25.7. The second-order valence-corrected chi connectivity index (χ2v) is 12.1. The van der Waals surface area contributed by atoms with Crippen molar-refractivity contribution >= 4 is 32.6 Å². The number of fused-ring (bicyclic) bond motifs is 1. The standard InChI is InChI=1S/C30H30FN3O4S/c31-25-10-12-28-24(18-25)19-30(38-28)39(36,37)34-16-4-7-26(34)27(35)11-8-21-5-3-6-22(17-21)23-9-13-29(32-20-23)33-14-1-2-15-33/h3,5-6,9-10,12-13,17-20,26H,1-2,4,7-8,11,14-16H2/t26-/m0/s1.